The first-order valence-corrected chi connectivity index (χ1v) is 7.20. The van der Waals surface area contributed by atoms with Crippen molar-refractivity contribution in [2.75, 3.05) is 11.6 Å². The monoisotopic (exact) mass is 250 g/mol. The van der Waals surface area contributed by atoms with Gasteiger partial charge in [-0.25, -0.2) is 4.98 Å². The summed E-state index contributed by atoms with van der Waals surface area (Å²) in [5, 5.41) is 6.56. The van der Waals surface area contributed by atoms with E-state index in [0.29, 0.717) is 0 Å². The molecule has 0 aliphatic heterocycles. The van der Waals surface area contributed by atoms with Crippen LogP contribution in [0, 0.1) is 0 Å². The van der Waals surface area contributed by atoms with Crippen molar-refractivity contribution in [3.63, 3.8) is 0 Å². The van der Waals surface area contributed by atoms with E-state index in [-0.39, 0.29) is 6.04 Å². The maximum atomic E-state index is 4.30. The van der Waals surface area contributed by atoms with Gasteiger partial charge in [-0.05, 0) is 37.4 Å². The van der Waals surface area contributed by atoms with Crippen LogP contribution < -0.4 is 5.32 Å². The maximum Gasteiger partial charge on any atom is 0.115 e. The fraction of sp³-hybridized carbons (Fsp3) is 0.250. The summed E-state index contributed by atoms with van der Waals surface area (Å²) in [6.45, 7) is 2.13. The van der Waals surface area contributed by atoms with Crippen LogP contribution in [-0.2, 0) is 0 Å². The summed E-state index contributed by atoms with van der Waals surface area (Å²) in [6, 6.07) is 8.73. The molecule has 4 heteroatoms. The molecule has 1 unspecified atom stereocenters. The number of thioether (sulfide) groups is 1. The minimum absolute atomic E-state index is 0.264. The normalized spacial score (nSPS) is 12.4. The van der Waals surface area contributed by atoms with Gasteiger partial charge in [-0.3, -0.25) is 0 Å². The van der Waals surface area contributed by atoms with Gasteiger partial charge in [-0.1, -0.05) is 0 Å². The lowest BCUT2D eigenvalue weighted by Crippen LogP contribution is -2.05. The van der Waals surface area contributed by atoms with Crippen molar-refractivity contribution in [3.05, 3.63) is 40.8 Å². The highest BCUT2D eigenvalue weighted by Crippen LogP contribution is 2.22. The quantitative estimate of drug-likeness (QED) is 0.829. The molecule has 2 aromatic rings. The molecular formula is C12H14N2S2. The van der Waals surface area contributed by atoms with Crippen LogP contribution in [0.25, 0.3) is 0 Å². The predicted molar refractivity (Wildman–Crippen MR) is 72.4 cm³/mol. The Labute approximate surface area is 104 Å². The molecule has 0 saturated carbocycles. The van der Waals surface area contributed by atoms with Gasteiger partial charge in [0.15, 0.2) is 0 Å². The molecule has 0 saturated heterocycles. The van der Waals surface area contributed by atoms with Crippen LogP contribution in [0.5, 0.6) is 0 Å². The van der Waals surface area contributed by atoms with Crippen molar-refractivity contribution in [1.29, 1.82) is 0 Å². The molecule has 0 bridgehead atoms. The molecule has 1 aromatic carbocycles. The zero-order valence-electron chi connectivity index (χ0n) is 9.31. The molecule has 0 amide bonds. The zero-order chi connectivity index (χ0) is 11.4. The molecule has 84 valence electrons. The Bertz CT molecular complexity index is 423. The van der Waals surface area contributed by atoms with E-state index in [0.717, 1.165) is 10.7 Å². The van der Waals surface area contributed by atoms with Gasteiger partial charge in [-0.2, -0.15) is 0 Å². The molecule has 1 heterocycles. The lowest BCUT2D eigenvalue weighted by Gasteiger charge is -2.12. The summed E-state index contributed by atoms with van der Waals surface area (Å²) in [4.78, 5) is 5.58. The fourth-order valence-electron chi connectivity index (χ4n) is 1.45. The Hall–Kier alpha value is -1.00. The smallest absolute Gasteiger partial charge is 0.115 e. The van der Waals surface area contributed by atoms with E-state index in [1.54, 1.807) is 23.1 Å². The van der Waals surface area contributed by atoms with Gasteiger partial charge in [0, 0.05) is 22.2 Å². The topological polar surface area (TPSA) is 24.9 Å². The van der Waals surface area contributed by atoms with Crippen molar-refractivity contribution in [2.24, 2.45) is 0 Å². The second kappa shape index (κ2) is 5.37. The average Bonchev–Trinajstić information content (AvgIpc) is 2.83. The lowest BCUT2D eigenvalue weighted by atomic mass is 10.3. The molecule has 0 aliphatic carbocycles. The lowest BCUT2D eigenvalue weighted by molar-refractivity contribution is 0.869. The molecule has 16 heavy (non-hydrogen) atoms. The summed E-state index contributed by atoms with van der Waals surface area (Å²) >= 11 is 3.44. The minimum Gasteiger partial charge on any atom is -0.376 e. The maximum absolute atomic E-state index is 4.30. The third-order valence-electron chi connectivity index (χ3n) is 2.30. The summed E-state index contributed by atoms with van der Waals surface area (Å²) in [5.41, 5.74) is 1.14. The molecule has 0 aliphatic rings. The van der Waals surface area contributed by atoms with Crippen LogP contribution in [-0.4, -0.2) is 11.2 Å². The van der Waals surface area contributed by atoms with E-state index in [1.165, 1.54) is 4.90 Å². The van der Waals surface area contributed by atoms with E-state index in [2.05, 4.69) is 47.7 Å². The van der Waals surface area contributed by atoms with Crippen molar-refractivity contribution in [3.8, 4) is 0 Å². The Morgan fingerprint density at radius 2 is 2.06 bits per heavy atom. The number of benzene rings is 1. The average molecular weight is 250 g/mol. The van der Waals surface area contributed by atoms with E-state index in [9.17, 15) is 0 Å². The van der Waals surface area contributed by atoms with Gasteiger partial charge in [0.05, 0.1) is 6.04 Å². The van der Waals surface area contributed by atoms with E-state index in [1.807, 2.05) is 11.6 Å². The third-order valence-corrected chi connectivity index (χ3v) is 4.00. The molecular weight excluding hydrogens is 236 g/mol. The van der Waals surface area contributed by atoms with Gasteiger partial charge in [0.1, 0.15) is 5.01 Å². The highest BCUT2D eigenvalue weighted by Gasteiger charge is 2.07. The van der Waals surface area contributed by atoms with Crippen LogP contribution in [0.1, 0.15) is 18.0 Å². The first-order valence-electron chi connectivity index (χ1n) is 5.09. The van der Waals surface area contributed by atoms with E-state index < -0.39 is 0 Å². The molecule has 2 nitrogen and oxygen atoms in total. The fourth-order valence-corrected chi connectivity index (χ4v) is 2.50. The number of hydrogen-bond donors (Lipinski definition) is 1. The number of thiazole rings is 1. The number of nitrogens with one attached hydrogen (secondary N) is 1. The molecule has 0 spiro atoms. The number of aromatic nitrogens is 1. The van der Waals surface area contributed by atoms with Crippen LogP contribution >= 0.6 is 23.1 Å². The van der Waals surface area contributed by atoms with Crippen LogP contribution in [0.3, 0.4) is 0 Å². The molecule has 0 fully saturated rings. The van der Waals surface area contributed by atoms with Crippen LogP contribution in [0.15, 0.2) is 40.7 Å². The standard InChI is InChI=1S/C12H14N2S2/c1-9(12-13-7-8-16-12)14-10-3-5-11(15-2)6-4-10/h3-9,14H,1-2H3. The van der Waals surface area contributed by atoms with Crippen LogP contribution in [0.4, 0.5) is 5.69 Å². The van der Waals surface area contributed by atoms with Gasteiger partial charge >= 0.3 is 0 Å². The highest BCUT2D eigenvalue weighted by atomic mass is 32.2. The molecule has 2 rings (SSSR count). The van der Waals surface area contributed by atoms with E-state index >= 15 is 0 Å². The molecule has 0 radical (unpaired) electrons. The predicted octanol–water partition coefficient (Wildman–Crippen LogP) is 4.04. The SMILES string of the molecule is CSc1ccc(NC(C)c2nccs2)cc1. The zero-order valence-corrected chi connectivity index (χ0v) is 10.9. The van der Waals surface area contributed by atoms with Gasteiger partial charge in [-0.15, -0.1) is 23.1 Å². The summed E-state index contributed by atoms with van der Waals surface area (Å²) < 4.78 is 0. The molecule has 1 atom stereocenters. The second-order valence-corrected chi connectivity index (χ2v) is 5.27. The van der Waals surface area contributed by atoms with Crippen molar-refractivity contribution in [2.45, 2.75) is 17.9 Å². The minimum atomic E-state index is 0.264. The molecule has 1 aromatic heterocycles. The summed E-state index contributed by atoms with van der Waals surface area (Å²) in [5.74, 6) is 0. The Morgan fingerprint density at radius 3 is 2.62 bits per heavy atom. The Balaban J connectivity index is 2.03. The Morgan fingerprint density at radius 1 is 1.31 bits per heavy atom. The third kappa shape index (κ3) is 2.77. The number of nitrogens with zero attached hydrogens (tertiary/aromatic N) is 1. The van der Waals surface area contributed by atoms with Gasteiger partial charge in [0.2, 0.25) is 0 Å². The van der Waals surface area contributed by atoms with Crippen molar-refractivity contribution >= 4 is 28.8 Å². The number of anilines is 1. The summed E-state index contributed by atoms with van der Waals surface area (Å²) in [6.07, 6.45) is 3.93. The summed E-state index contributed by atoms with van der Waals surface area (Å²) in [7, 11) is 0. The van der Waals surface area contributed by atoms with Crippen molar-refractivity contribution in [1.82, 2.24) is 4.98 Å². The van der Waals surface area contributed by atoms with Crippen molar-refractivity contribution < 1.29 is 0 Å². The van der Waals surface area contributed by atoms with Gasteiger partial charge < -0.3 is 5.32 Å². The van der Waals surface area contributed by atoms with Gasteiger partial charge in [0.25, 0.3) is 0 Å². The molecule has 1 N–H and O–H groups in total. The van der Waals surface area contributed by atoms with E-state index in [4.69, 9.17) is 0 Å². The highest BCUT2D eigenvalue weighted by molar-refractivity contribution is 7.98. The van der Waals surface area contributed by atoms with Crippen LogP contribution in [0.2, 0.25) is 0 Å². The largest absolute Gasteiger partial charge is 0.376 e. The first kappa shape index (κ1) is 11.5. The first-order chi connectivity index (χ1) is 7.79. The Kier molecular flexibility index (Phi) is 3.85. The number of rotatable bonds is 4. The number of hydrogen-bond acceptors (Lipinski definition) is 4. The second-order valence-electron chi connectivity index (χ2n) is 3.46.